The summed E-state index contributed by atoms with van der Waals surface area (Å²) in [7, 11) is 0. The first-order valence-corrected chi connectivity index (χ1v) is 5.29. The van der Waals surface area contributed by atoms with Gasteiger partial charge in [-0.2, -0.15) is 0 Å². The molecule has 1 nitrogen and oxygen atoms in total. The Morgan fingerprint density at radius 2 is 2.46 bits per heavy atom. The average molecular weight is 178 g/mol. The Kier molecular flexibility index (Phi) is 2.84. The van der Waals surface area contributed by atoms with E-state index in [1.807, 2.05) is 13.0 Å². The first kappa shape index (κ1) is 9.01. The van der Waals surface area contributed by atoms with Gasteiger partial charge in [0.15, 0.2) is 0 Å². The highest BCUT2D eigenvalue weighted by Crippen LogP contribution is 2.43. The van der Waals surface area contributed by atoms with E-state index in [0.717, 1.165) is 25.0 Å². The first-order chi connectivity index (χ1) is 6.40. The number of ether oxygens (including phenoxy) is 1. The van der Waals surface area contributed by atoms with Crippen LogP contribution in [0.1, 0.15) is 26.2 Å². The summed E-state index contributed by atoms with van der Waals surface area (Å²) in [6.45, 7) is 3.66. The van der Waals surface area contributed by atoms with Crippen LogP contribution >= 0.6 is 0 Å². The molecule has 2 aliphatic carbocycles. The van der Waals surface area contributed by atoms with Crippen molar-refractivity contribution in [1.29, 1.82) is 0 Å². The molecular weight excluding hydrogens is 160 g/mol. The molecule has 0 heterocycles. The number of hydrogen-bond acceptors (Lipinski definition) is 1. The lowest BCUT2D eigenvalue weighted by Crippen LogP contribution is -2.05. The second kappa shape index (κ2) is 4.10. The predicted molar refractivity (Wildman–Crippen MR) is 54.5 cm³/mol. The zero-order chi connectivity index (χ0) is 9.10. The lowest BCUT2D eigenvalue weighted by molar-refractivity contribution is 0.179. The summed E-state index contributed by atoms with van der Waals surface area (Å²) in [6.07, 6.45) is 10.8. The molecule has 0 spiro atoms. The summed E-state index contributed by atoms with van der Waals surface area (Å²) in [4.78, 5) is 0. The van der Waals surface area contributed by atoms with Gasteiger partial charge in [0.25, 0.3) is 0 Å². The number of fused-ring (bicyclic) bond motifs is 2. The van der Waals surface area contributed by atoms with Gasteiger partial charge in [-0.1, -0.05) is 18.2 Å². The monoisotopic (exact) mass is 178 g/mol. The van der Waals surface area contributed by atoms with E-state index in [4.69, 9.17) is 4.74 Å². The van der Waals surface area contributed by atoms with Crippen molar-refractivity contribution >= 4 is 0 Å². The third-order valence-corrected chi connectivity index (χ3v) is 3.17. The first-order valence-electron chi connectivity index (χ1n) is 5.29. The second-order valence-electron chi connectivity index (χ2n) is 4.10. The van der Waals surface area contributed by atoms with Gasteiger partial charge in [-0.3, -0.25) is 0 Å². The van der Waals surface area contributed by atoms with Crippen LogP contribution in [0.15, 0.2) is 23.8 Å². The second-order valence-corrected chi connectivity index (χ2v) is 4.10. The average Bonchev–Trinajstić information content (AvgIpc) is 2.73. The minimum atomic E-state index is 0.769. The van der Waals surface area contributed by atoms with Crippen LogP contribution in [0, 0.1) is 11.8 Å². The van der Waals surface area contributed by atoms with E-state index in [1.165, 1.54) is 19.3 Å². The van der Waals surface area contributed by atoms with Crippen molar-refractivity contribution in [3.05, 3.63) is 23.8 Å². The molecule has 0 aromatic heterocycles. The molecule has 0 radical (unpaired) electrons. The van der Waals surface area contributed by atoms with Crippen LogP contribution in [-0.2, 0) is 4.74 Å². The van der Waals surface area contributed by atoms with Crippen LogP contribution in [-0.4, -0.2) is 13.2 Å². The molecule has 2 aliphatic rings. The van der Waals surface area contributed by atoms with Gasteiger partial charge in [0.2, 0.25) is 0 Å². The Labute approximate surface area is 80.5 Å². The van der Waals surface area contributed by atoms with Crippen LogP contribution in [0.25, 0.3) is 0 Å². The Morgan fingerprint density at radius 1 is 1.54 bits per heavy atom. The van der Waals surface area contributed by atoms with Gasteiger partial charge in [-0.25, -0.2) is 0 Å². The van der Waals surface area contributed by atoms with E-state index in [0.29, 0.717) is 0 Å². The fraction of sp³-hybridized carbons (Fsp3) is 0.667. The number of rotatable bonds is 4. The summed E-state index contributed by atoms with van der Waals surface area (Å²) in [5, 5.41) is 0. The van der Waals surface area contributed by atoms with E-state index in [2.05, 4.69) is 12.2 Å². The Balaban J connectivity index is 1.74. The summed E-state index contributed by atoms with van der Waals surface area (Å²) in [6, 6.07) is 0. The van der Waals surface area contributed by atoms with Crippen LogP contribution in [0.4, 0.5) is 0 Å². The Hall–Kier alpha value is -0.560. The van der Waals surface area contributed by atoms with E-state index < -0.39 is 0 Å². The third-order valence-electron chi connectivity index (χ3n) is 3.17. The Bertz CT molecular complexity index is 227. The highest BCUT2D eigenvalue weighted by Gasteiger charge is 2.32. The smallest absolute Gasteiger partial charge is 0.0683 e. The van der Waals surface area contributed by atoms with Gasteiger partial charge in [-0.05, 0) is 43.6 Å². The molecule has 0 aromatic carbocycles. The van der Waals surface area contributed by atoms with Crippen LogP contribution < -0.4 is 0 Å². The van der Waals surface area contributed by atoms with E-state index in [-0.39, 0.29) is 0 Å². The maximum atomic E-state index is 5.56. The summed E-state index contributed by atoms with van der Waals surface area (Å²) < 4.78 is 5.56. The summed E-state index contributed by atoms with van der Waals surface area (Å²) in [5.41, 5.74) is 1.57. The van der Waals surface area contributed by atoms with Crippen molar-refractivity contribution in [3.63, 3.8) is 0 Å². The molecule has 0 aliphatic heterocycles. The van der Waals surface area contributed by atoms with Crippen molar-refractivity contribution in [2.45, 2.75) is 26.2 Å². The Morgan fingerprint density at radius 3 is 3.08 bits per heavy atom. The lowest BCUT2D eigenvalue weighted by Gasteiger charge is -2.12. The highest BCUT2D eigenvalue weighted by atomic mass is 16.5. The molecule has 1 fully saturated rings. The zero-order valence-electron chi connectivity index (χ0n) is 8.33. The van der Waals surface area contributed by atoms with E-state index in [1.54, 1.807) is 5.57 Å². The van der Waals surface area contributed by atoms with Crippen LogP contribution in [0.3, 0.4) is 0 Å². The molecule has 0 amide bonds. The topological polar surface area (TPSA) is 9.23 Å². The maximum absolute atomic E-state index is 5.56. The number of allylic oxidation sites excluding steroid dienone is 2. The van der Waals surface area contributed by atoms with E-state index in [9.17, 15) is 0 Å². The molecule has 0 unspecified atom stereocenters. The van der Waals surface area contributed by atoms with Crippen molar-refractivity contribution in [2.24, 2.45) is 11.8 Å². The SMILES string of the molecule is CC=CCOCC1=C[C@H]2CC[C@@H]1C2. The van der Waals surface area contributed by atoms with Crippen molar-refractivity contribution in [1.82, 2.24) is 0 Å². The van der Waals surface area contributed by atoms with Gasteiger partial charge in [0, 0.05) is 0 Å². The largest absolute Gasteiger partial charge is 0.373 e. The van der Waals surface area contributed by atoms with Gasteiger partial charge in [0.05, 0.1) is 13.2 Å². The third kappa shape index (κ3) is 2.02. The highest BCUT2D eigenvalue weighted by molar-refractivity contribution is 5.19. The van der Waals surface area contributed by atoms with Crippen molar-refractivity contribution in [2.75, 3.05) is 13.2 Å². The maximum Gasteiger partial charge on any atom is 0.0683 e. The molecule has 1 heteroatoms. The van der Waals surface area contributed by atoms with E-state index >= 15 is 0 Å². The fourth-order valence-corrected chi connectivity index (χ4v) is 2.45. The molecule has 2 bridgehead atoms. The fourth-order valence-electron chi connectivity index (χ4n) is 2.45. The quantitative estimate of drug-likeness (QED) is 0.475. The zero-order valence-corrected chi connectivity index (χ0v) is 8.33. The molecular formula is C12H18O. The summed E-state index contributed by atoms with van der Waals surface area (Å²) >= 11 is 0. The normalized spacial score (nSPS) is 31.6. The molecule has 0 aromatic rings. The van der Waals surface area contributed by atoms with Gasteiger partial charge < -0.3 is 4.74 Å². The lowest BCUT2D eigenvalue weighted by atomic mass is 9.99. The van der Waals surface area contributed by atoms with Gasteiger partial charge >= 0.3 is 0 Å². The molecule has 0 saturated heterocycles. The standard InChI is InChI=1S/C12H18O/c1-2-3-6-13-9-12-8-10-4-5-11(12)7-10/h2-3,8,10-11H,4-7,9H2,1H3/t10-,11+/m0/s1. The molecule has 2 rings (SSSR count). The van der Waals surface area contributed by atoms with Crippen LogP contribution in [0.2, 0.25) is 0 Å². The minimum absolute atomic E-state index is 0.769. The van der Waals surface area contributed by atoms with Crippen LogP contribution in [0.5, 0.6) is 0 Å². The summed E-state index contributed by atoms with van der Waals surface area (Å²) in [5.74, 6) is 1.76. The molecule has 0 N–H and O–H groups in total. The molecule has 1 saturated carbocycles. The van der Waals surface area contributed by atoms with Gasteiger partial charge in [0.1, 0.15) is 0 Å². The molecule has 13 heavy (non-hydrogen) atoms. The van der Waals surface area contributed by atoms with Gasteiger partial charge in [-0.15, -0.1) is 0 Å². The van der Waals surface area contributed by atoms with Crippen molar-refractivity contribution in [3.8, 4) is 0 Å². The molecule has 72 valence electrons. The van der Waals surface area contributed by atoms with Crippen molar-refractivity contribution < 1.29 is 4.74 Å². The minimum Gasteiger partial charge on any atom is -0.373 e. The predicted octanol–water partition coefficient (Wildman–Crippen LogP) is 2.94. The number of hydrogen-bond donors (Lipinski definition) is 0. The molecule has 2 atom stereocenters.